The smallest absolute Gasteiger partial charge is 0.334 e. The third kappa shape index (κ3) is 13.3. The van der Waals surface area contributed by atoms with Crippen molar-refractivity contribution in [2.45, 2.75) is 130 Å². The number of nitrogens with zero attached hydrogens (tertiary/aromatic N) is 1. The third-order valence-corrected chi connectivity index (χ3v) is 10.3. The molecule has 302 valence electrons. The molecule has 0 spiro atoms. The van der Waals surface area contributed by atoms with E-state index in [1.54, 1.807) is 33.2 Å². The van der Waals surface area contributed by atoms with E-state index < -0.39 is 36.1 Å². The lowest BCUT2D eigenvalue weighted by atomic mass is 9.80. The number of methoxy groups -OCH3 is 2. The van der Waals surface area contributed by atoms with E-state index in [9.17, 15) is 19.5 Å². The number of carbonyl (C=O) groups is 3. The van der Waals surface area contributed by atoms with Gasteiger partial charge in [-0.1, -0.05) is 78.7 Å². The second-order valence-corrected chi connectivity index (χ2v) is 14.2. The van der Waals surface area contributed by atoms with Crippen molar-refractivity contribution in [3.63, 3.8) is 0 Å². The van der Waals surface area contributed by atoms with E-state index in [0.29, 0.717) is 25.0 Å². The molecule has 0 aliphatic carbocycles. The Morgan fingerprint density at radius 3 is 2.40 bits per heavy atom. The summed E-state index contributed by atoms with van der Waals surface area (Å²) in [4.78, 5) is 42.5. The van der Waals surface area contributed by atoms with Gasteiger partial charge in [0, 0.05) is 25.6 Å². The lowest BCUT2D eigenvalue weighted by Gasteiger charge is -2.37. The third-order valence-electron chi connectivity index (χ3n) is 10.3. The van der Waals surface area contributed by atoms with Crippen molar-refractivity contribution in [3.05, 3.63) is 47.1 Å². The molecule has 2 aliphatic rings. The molecule has 0 radical (unpaired) electrons. The van der Waals surface area contributed by atoms with Gasteiger partial charge in [0.05, 0.1) is 25.3 Å². The molecule has 8 atom stereocenters. The molecule has 1 aromatic rings. The first-order valence-corrected chi connectivity index (χ1v) is 19.0. The quantitative estimate of drug-likeness (QED) is 0.0864. The van der Waals surface area contributed by atoms with Gasteiger partial charge in [-0.2, -0.15) is 0 Å². The van der Waals surface area contributed by atoms with Gasteiger partial charge in [0.1, 0.15) is 35.6 Å². The lowest BCUT2D eigenvalue weighted by Crippen LogP contribution is -2.54. The molecule has 2 heterocycles. The number of amides is 1. The van der Waals surface area contributed by atoms with Crippen molar-refractivity contribution < 1.29 is 43.3 Å². The summed E-state index contributed by atoms with van der Waals surface area (Å²) in [6.45, 7) is 17.5. The van der Waals surface area contributed by atoms with Crippen LogP contribution >= 0.6 is 0 Å². The van der Waals surface area contributed by atoms with Crippen molar-refractivity contribution in [3.8, 4) is 5.75 Å². The second-order valence-electron chi connectivity index (χ2n) is 14.2. The van der Waals surface area contributed by atoms with E-state index in [-0.39, 0.29) is 36.2 Å². The molecule has 53 heavy (non-hydrogen) atoms. The molecule has 4 N–H and O–H groups in total. The summed E-state index contributed by atoms with van der Waals surface area (Å²) in [5, 5.41) is 14.8. The van der Waals surface area contributed by atoms with Crippen molar-refractivity contribution in [2.24, 2.45) is 23.7 Å². The number of hydrogen-bond acceptors (Lipinski definition) is 11. The fourth-order valence-corrected chi connectivity index (χ4v) is 6.52. The Hall–Kier alpha value is -3.13. The number of likely N-dealkylation sites (N-methyl/N-ethyl adjacent to an activating group) is 1. The van der Waals surface area contributed by atoms with Crippen molar-refractivity contribution >= 4 is 23.9 Å². The topological polar surface area (TPSA) is 162 Å². The number of hydrogen-bond donors (Lipinski definition) is 3. The molecule has 3 rings (SSSR count). The molecular formula is C41H69N3O9. The Labute approximate surface area is 318 Å². The van der Waals surface area contributed by atoms with Gasteiger partial charge < -0.3 is 33.7 Å². The maximum Gasteiger partial charge on any atom is 0.334 e. The predicted octanol–water partition coefficient (Wildman–Crippen LogP) is 5.86. The van der Waals surface area contributed by atoms with Crippen molar-refractivity contribution in [1.29, 1.82) is 0 Å². The van der Waals surface area contributed by atoms with E-state index in [2.05, 4.69) is 17.1 Å². The minimum atomic E-state index is -1.37. The van der Waals surface area contributed by atoms with Crippen LogP contribution in [0.25, 0.3) is 0 Å². The zero-order valence-corrected chi connectivity index (χ0v) is 34.6. The summed E-state index contributed by atoms with van der Waals surface area (Å²) in [7, 11) is 6.64. The summed E-state index contributed by atoms with van der Waals surface area (Å²) in [6, 6.07) is 4.03. The average molecular weight is 748 g/mol. The summed E-state index contributed by atoms with van der Waals surface area (Å²) >= 11 is 0. The van der Waals surface area contributed by atoms with Crippen LogP contribution in [0.15, 0.2) is 35.9 Å². The number of nitrogens with two attached hydrogens (primary N) is 1. The Morgan fingerprint density at radius 1 is 1.23 bits per heavy atom. The number of nitrogens with one attached hydrogen (secondary N) is 1. The molecule has 1 saturated heterocycles. The summed E-state index contributed by atoms with van der Waals surface area (Å²) < 4.78 is 23.6. The molecule has 12 heteroatoms. The number of fused-ring (bicyclic) bond motifs is 3. The first-order valence-electron chi connectivity index (χ1n) is 19.0. The molecule has 2 bridgehead atoms. The minimum absolute atomic E-state index is 0.0488. The largest absolute Gasteiger partial charge is 0.496 e. The fraction of sp³-hybridized carbons (Fsp3) is 0.683. The summed E-state index contributed by atoms with van der Waals surface area (Å²) in [5.74, 6) is 5.06. The van der Waals surface area contributed by atoms with Crippen LogP contribution in [0.3, 0.4) is 0 Å². The highest BCUT2D eigenvalue weighted by Gasteiger charge is 2.62. The molecule has 2 aliphatic heterocycles. The highest BCUT2D eigenvalue weighted by Crippen LogP contribution is 2.49. The summed E-state index contributed by atoms with van der Waals surface area (Å²) in [5.41, 5.74) is 1.41. The molecule has 12 nitrogen and oxygen atoms in total. The second kappa shape index (κ2) is 22.9. The van der Waals surface area contributed by atoms with Gasteiger partial charge in [-0.15, -0.1) is 0 Å². The van der Waals surface area contributed by atoms with Crippen molar-refractivity contribution in [1.82, 2.24) is 5.32 Å². The van der Waals surface area contributed by atoms with Crippen LogP contribution in [0, 0.1) is 17.8 Å². The molecule has 0 saturated carbocycles. The van der Waals surface area contributed by atoms with Crippen LogP contribution in [0.4, 0.5) is 5.69 Å². The molecule has 1 aromatic carbocycles. The number of ether oxygens (including phenoxy) is 4. The maximum absolute atomic E-state index is 14.0. The van der Waals surface area contributed by atoms with Gasteiger partial charge in [-0.25, -0.2) is 10.7 Å². The first-order chi connectivity index (χ1) is 25.1. The Bertz CT molecular complexity index is 1370. The number of aldehydes is 1. The standard InChI is InChI=1S/C34H53N3O8.C5H10O.C2H6/c1-10-12-25-26-16-24(17-27(25)41-8)15-21(2)13-11-14-28(42-9)34(40,36-6)19-22(3)23(4)32-33(5,45-32)29(18-30(38)37(26)7)44-31(39)20-43-35;1-3-5(2)4-6;1-2/h11,13-14,16-17,22-23,28-29,32,36,40H,10,12,15,18-20,35H2,1-9H3;4-5H,3H2,1-2H3;1-2H3/b14-11+,21-13+;;. The average Bonchev–Trinajstić information content (AvgIpc) is 3.85. The minimum Gasteiger partial charge on any atom is -0.496 e. The predicted molar refractivity (Wildman–Crippen MR) is 210 cm³/mol. The van der Waals surface area contributed by atoms with Gasteiger partial charge >= 0.3 is 5.97 Å². The van der Waals surface area contributed by atoms with Gasteiger partial charge in [0.2, 0.25) is 5.91 Å². The van der Waals surface area contributed by atoms with Crippen LogP contribution in [0.2, 0.25) is 0 Å². The van der Waals surface area contributed by atoms with Crippen LogP contribution in [-0.4, -0.2) is 87.8 Å². The Balaban J connectivity index is 0.00000159. The number of benzene rings is 1. The monoisotopic (exact) mass is 748 g/mol. The van der Waals surface area contributed by atoms with E-state index in [1.807, 2.05) is 85.8 Å². The number of rotatable bonds is 10. The van der Waals surface area contributed by atoms with Crippen LogP contribution in [0.5, 0.6) is 5.75 Å². The number of carbonyl (C=O) groups excluding carboxylic acids is 3. The number of esters is 1. The van der Waals surface area contributed by atoms with Crippen LogP contribution < -0.4 is 20.9 Å². The van der Waals surface area contributed by atoms with Gasteiger partial charge in [0.25, 0.3) is 0 Å². The fourth-order valence-electron chi connectivity index (χ4n) is 6.52. The van der Waals surface area contributed by atoms with Crippen LogP contribution in [0.1, 0.15) is 99.1 Å². The van der Waals surface area contributed by atoms with Gasteiger partial charge in [0.15, 0.2) is 6.61 Å². The highest BCUT2D eigenvalue weighted by atomic mass is 16.7. The Kier molecular flexibility index (Phi) is 20.7. The number of aliphatic hydroxyl groups is 1. The molecule has 0 aromatic heterocycles. The van der Waals surface area contributed by atoms with E-state index in [4.69, 9.17) is 24.8 Å². The van der Waals surface area contributed by atoms with Gasteiger partial charge in [-0.3, -0.25) is 14.9 Å². The molecule has 1 amide bonds. The summed E-state index contributed by atoms with van der Waals surface area (Å²) in [6.07, 6.45) is 8.22. The molecule has 1 fully saturated rings. The SMILES string of the molecule is CC.CCC(C)C=O.CCCc1c(OC)cc2cc1N(C)C(=O)CC(OC(=O)CON)C1(C)OC1C(C)C(C)CC(O)(NC)C(OC)/C=C/C=C(\C)C2. The van der Waals surface area contributed by atoms with Crippen LogP contribution in [-0.2, 0) is 46.3 Å². The molecule has 8 unspecified atom stereocenters. The van der Waals surface area contributed by atoms with E-state index in [0.717, 1.165) is 41.5 Å². The van der Waals surface area contributed by atoms with Gasteiger partial charge in [-0.05, 0) is 76.1 Å². The molecular weight excluding hydrogens is 678 g/mol. The number of epoxide rings is 1. The maximum atomic E-state index is 14.0. The number of allylic oxidation sites excluding steroid dienone is 3. The first kappa shape index (κ1) is 47.9. The normalized spacial score (nSPS) is 29.8. The highest BCUT2D eigenvalue weighted by molar-refractivity contribution is 5.94. The Morgan fingerprint density at radius 2 is 1.89 bits per heavy atom. The number of anilines is 1. The van der Waals surface area contributed by atoms with Crippen molar-refractivity contribution in [2.75, 3.05) is 39.8 Å². The van der Waals surface area contributed by atoms with E-state index >= 15 is 0 Å². The zero-order chi connectivity index (χ0) is 40.5. The zero-order valence-electron chi connectivity index (χ0n) is 34.6. The lowest BCUT2D eigenvalue weighted by molar-refractivity contribution is -0.159. The van der Waals surface area contributed by atoms with E-state index in [1.165, 1.54) is 0 Å².